The van der Waals surface area contributed by atoms with E-state index in [0.29, 0.717) is 18.7 Å². The Balaban J connectivity index is 1.71. The number of hydrogen-bond donors (Lipinski definition) is 0. The number of aryl methyl sites for hydroxylation is 1. The number of fused-ring (bicyclic) bond motifs is 1. The van der Waals surface area contributed by atoms with Crippen LogP contribution in [0.2, 0.25) is 0 Å². The molecule has 1 amide bonds. The number of carbonyl (C=O) groups excluding carboxylic acids is 1. The number of benzene rings is 1. The molecule has 3 aromatic rings. The number of pyridine rings is 1. The van der Waals surface area contributed by atoms with Crippen molar-refractivity contribution in [3.63, 3.8) is 0 Å². The van der Waals surface area contributed by atoms with Crippen molar-refractivity contribution in [2.24, 2.45) is 7.05 Å². The molecule has 0 unspecified atom stereocenters. The van der Waals surface area contributed by atoms with E-state index < -0.39 is 0 Å². The van der Waals surface area contributed by atoms with E-state index in [9.17, 15) is 4.79 Å². The molecular weight excluding hydrogens is 380 g/mol. The molecule has 3 heterocycles. The van der Waals surface area contributed by atoms with Gasteiger partial charge in [0.05, 0.1) is 11.8 Å². The molecule has 0 N–H and O–H groups in total. The van der Waals surface area contributed by atoms with Crippen molar-refractivity contribution in [3.05, 3.63) is 81.8 Å². The molecule has 0 saturated carbocycles. The minimum atomic E-state index is -0.00260. The summed E-state index contributed by atoms with van der Waals surface area (Å²) in [5, 5.41) is 4.30. The van der Waals surface area contributed by atoms with Crippen LogP contribution in [0.15, 0.2) is 59.6 Å². The molecule has 25 heavy (non-hydrogen) atoms. The maximum atomic E-state index is 13.0. The molecule has 0 spiro atoms. The van der Waals surface area contributed by atoms with Gasteiger partial charge < -0.3 is 4.90 Å². The van der Waals surface area contributed by atoms with E-state index in [1.165, 1.54) is 11.1 Å². The van der Waals surface area contributed by atoms with Gasteiger partial charge in [0.1, 0.15) is 0 Å². The van der Waals surface area contributed by atoms with E-state index in [2.05, 4.69) is 44.2 Å². The summed E-state index contributed by atoms with van der Waals surface area (Å²) in [6.45, 7) is 1.24. The second kappa shape index (κ2) is 6.44. The highest BCUT2D eigenvalue weighted by Crippen LogP contribution is 2.33. The zero-order valence-electron chi connectivity index (χ0n) is 13.8. The van der Waals surface area contributed by atoms with E-state index in [0.717, 1.165) is 10.0 Å². The van der Waals surface area contributed by atoms with Crippen molar-refractivity contribution in [1.82, 2.24) is 19.7 Å². The molecule has 1 aliphatic rings. The lowest BCUT2D eigenvalue weighted by atomic mass is 9.86. The van der Waals surface area contributed by atoms with Crippen molar-refractivity contribution in [2.45, 2.75) is 12.5 Å². The van der Waals surface area contributed by atoms with Gasteiger partial charge in [0.15, 0.2) is 0 Å². The molecule has 0 saturated heterocycles. The number of amides is 1. The van der Waals surface area contributed by atoms with Crippen molar-refractivity contribution in [3.8, 4) is 0 Å². The third-order valence-corrected chi connectivity index (χ3v) is 4.99. The quantitative estimate of drug-likeness (QED) is 0.667. The van der Waals surface area contributed by atoms with Crippen molar-refractivity contribution < 1.29 is 4.79 Å². The zero-order chi connectivity index (χ0) is 17.4. The topological polar surface area (TPSA) is 51.0 Å². The minimum absolute atomic E-state index is 0.00260. The summed E-state index contributed by atoms with van der Waals surface area (Å²) in [6.07, 6.45) is 7.21. The van der Waals surface area contributed by atoms with E-state index >= 15 is 0 Å². The summed E-state index contributed by atoms with van der Waals surface area (Å²) in [7, 11) is 1.91. The molecule has 126 valence electrons. The van der Waals surface area contributed by atoms with Gasteiger partial charge in [-0.15, -0.1) is 0 Å². The van der Waals surface area contributed by atoms with Gasteiger partial charge in [-0.2, -0.15) is 5.10 Å². The van der Waals surface area contributed by atoms with Crippen LogP contribution < -0.4 is 0 Å². The fourth-order valence-corrected chi connectivity index (χ4v) is 3.74. The van der Waals surface area contributed by atoms with E-state index in [1.54, 1.807) is 17.1 Å². The van der Waals surface area contributed by atoms with Crippen LogP contribution in [0.3, 0.4) is 0 Å². The maximum absolute atomic E-state index is 13.0. The van der Waals surface area contributed by atoms with Gasteiger partial charge in [0, 0.05) is 49.1 Å². The Morgan fingerprint density at radius 1 is 1.24 bits per heavy atom. The van der Waals surface area contributed by atoms with Crippen molar-refractivity contribution in [2.75, 3.05) is 6.54 Å². The molecule has 0 fully saturated rings. The highest BCUT2D eigenvalue weighted by atomic mass is 79.9. The van der Waals surface area contributed by atoms with E-state index in [4.69, 9.17) is 0 Å². The molecule has 0 radical (unpaired) electrons. The Hall–Kier alpha value is -2.47. The predicted octanol–water partition coefficient (Wildman–Crippen LogP) is 3.37. The van der Waals surface area contributed by atoms with Gasteiger partial charge in [-0.1, -0.05) is 24.3 Å². The number of nitrogens with zero attached hydrogens (tertiary/aromatic N) is 4. The molecular formula is C19H17BrN4O. The highest BCUT2D eigenvalue weighted by molar-refractivity contribution is 9.10. The number of rotatable bonds is 2. The van der Waals surface area contributed by atoms with Crippen LogP contribution in [0.5, 0.6) is 0 Å². The van der Waals surface area contributed by atoms with Crippen LogP contribution in [-0.4, -0.2) is 32.1 Å². The standard InChI is InChI=1S/C19H17BrN4O/c1-23-10-15(8-22-23)18-12-24(11-13-4-2-3-5-17(13)18)19(25)14-6-16(20)9-21-7-14/h2-10,18H,11-12H2,1H3/t18-/m0/s1. The average molecular weight is 397 g/mol. The molecule has 2 aromatic heterocycles. The normalized spacial score (nSPS) is 16.6. The van der Waals surface area contributed by atoms with E-state index in [1.807, 2.05) is 36.5 Å². The van der Waals surface area contributed by atoms with Crippen molar-refractivity contribution >= 4 is 21.8 Å². The molecule has 1 aromatic carbocycles. The lowest BCUT2D eigenvalue weighted by Gasteiger charge is -2.34. The van der Waals surface area contributed by atoms with E-state index in [-0.39, 0.29) is 11.8 Å². The maximum Gasteiger partial charge on any atom is 0.255 e. The first-order chi connectivity index (χ1) is 12.1. The monoisotopic (exact) mass is 396 g/mol. The number of halogens is 1. The molecule has 0 aliphatic carbocycles. The molecule has 1 aliphatic heterocycles. The van der Waals surface area contributed by atoms with Gasteiger partial charge in [-0.3, -0.25) is 14.5 Å². The Morgan fingerprint density at radius 3 is 2.84 bits per heavy atom. The van der Waals surface area contributed by atoms with Crippen LogP contribution in [0.4, 0.5) is 0 Å². The van der Waals surface area contributed by atoms with Gasteiger partial charge in [0.25, 0.3) is 5.91 Å². The Labute approximate surface area is 154 Å². The fraction of sp³-hybridized carbons (Fsp3) is 0.211. The summed E-state index contributed by atoms with van der Waals surface area (Å²) < 4.78 is 2.61. The SMILES string of the molecule is Cn1cc([C@@H]2CN(C(=O)c3cncc(Br)c3)Cc3ccccc32)cn1. The number of hydrogen-bond acceptors (Lipinski definition) is 3. The molecule has 0 bridgehead atoms. The third kappa shape index (κ3) is 3.09. The Bertz CT molecular complexity index is 936. The zero-order valence-corrected chi connectivity index (χ0v) is 15.3. The summed E-state index contributed by atoms with van der Waals surface area (Å²) in [6, 6.07) is 10.1. The lowest BCUT2D eigenvalue weighted by Crippen LogP contribution is -2.38. The van der Waals surface area contributed by atoms with Crippen LogP contribution >= 0.6 is 15.9 Å². The first kappa shape index (κ1) is 16.0. The van der Waals surface area contributed by atoms with Gasteiger partial charge in [-0.25, -0.2) is 0 Å². The van der Waals surface area contributed by atoms with Crippen LogP contribution in [0, 0.1) is 0 Å². The largest absolute Gasteiger partial charge is 0.333 e. The summed E-state index contributed by atoms with van der Waals surface area (Å²) in [4.78, 5) is 19.0. The second-order valence-electron chi connectivity index (χ2n) is 6.28. The first-order valence-electron chi connectivity index (χ1n) is 8.08. The number of aromatic nitrogens is 3. The highest BCUT2D eigenvalue weighted by Gasteiger charge is 2.30. The smallest absolute Gasteiger partial charge is 0.255 e. The second-order valence-corrected chi connectivity index (χ2v) is 7.19. The average Bonchev–Trinajstić information content (AvgIpc) is 3.06. The summed E-state index contributed by atoms with van der Waals surface area (Å²) in [5.74, 6) is 0.125. The molecule has 1 atom stereocenters. The van der Waals surface area contributed by atoms with Crippen LogP contribution in [0.25, 0.3) is 0 Å². The van der Waals surface area contributed by atoms with Gasteiger partial charge >= 0.3 is 0 Å². The predicted molar refractivity (Wildman–Crippen MR) is 98.2 cm³/mol. The third-order valence-electron chi connectivity index (χ3n) is 4.56. The minimum Gasteiger partial charge on any atom is -0.333 e. The number of carbonyl (C=O) groups is 1. The summed E-state index contributed by atoms with van der Waals surface area (Å²) in [5.41, 5.74) is 4.17. The van der Waals surface area contributed by atoms with Crippen molar-refractivity contribution in [1.29, 1.82) is 0 Å². The Morgan fingerprint density at radius 2 is 2.08 bits per heavy atom. The molecule has 6 heteroatoms. The van der Waals surface area contributed by atoms with Gasteiger partial charge in [-0.05, 0) is 38.7 Å². The lowest BCUT2D eigenvalue weighted by molar-refractivity contribution is 0.0724. The fourth-order valence-electron chi connectivity index (χ4n) is 3.38. The van der Waals surface area contributed by atoms with Crippen LogP contribution in [-0.2, 0) is 13.6 Å². The first-order valence-corrected chi connectivity index (χ1v) is 8.87. The summed E-state index contributed by atoms with van der Waals surface area (Å²) >= 11 is 3.39. The molecule has 4 rings (SSSR count). The molecule has 5 nitrogen and oxygen atoms in total. The Kier molecular flexibility index (Phi) is 4.13. The van der Waals surface area contributed by atoms with Gasteiger partial charge in [0.2, 0.25) is 0 Å². The van der Waals surface area contributed by atoms with Crippen LogP contribution in [0.1, 0.15) is 33.0 Å².